The number of hydrogen-bond acceptors (Lipinski definition) is 5. The maximum atomic E-state index is 12.9. The minimum Gasteiger partial charge on any atom is -0.498 e. The molecule has 3 aromatic heterocycles. The van der Waals surface area contributed by atoms with Crippen molar-refractivity contribution in [3.63, 3.8) is 0 Å². The van der Waals surface area contributed by atoms with E-state index in [1.165, 1.54) is 7.11 Å². The number of ether oxygens (including phenoxy) is 1. The number of nitrogens with zero attached hydrogens (tertiary/aromatic N) is 4. The first-order valence-electron chi connectivity index (χ1n) is 9.59. The Morgan fingerprint density at radius 3 is 2.31 bits per heavy atom. The topological polar surface area (TPSA) is 81.9 Å². The summed E-state index contributed by atoms with van der Waals surface area (Å²) in [6.07, 6.45) is 3.37. The first-order chi connectivity index (χ1) is 15.2. The summed E-state index contributed by atoms with van der Waals surface area (Å²) in [5.74, 6) is 0.659. The van der Waals surface area contributed by atoms with Crippen molar-refractivity contribution in [2.45, 2.75) is 6.92 Å². The minimum absolute atomic E-state index is 0.0289. The number of imidazole rings is 1. The van der Waals surface area contributed by atoms with Crippen LogP contribution in [0.1, 0.15) is 16.2 Å². The Hall–Kier alpha value is -3.48. The Morgan fingerprint density at radius 2 is 1.72 bits per heavy atom. The molecular formula is C21H15B4N5O2. The second-order valence-corrected chi connectivity index (χ2v) is 7.23. The van der Waals surface area contributed by atoms with Crippen LogP contribution in [-0.4, -0.2) is 63.9 Å². The molecule has 0 spiro atoms. The van der Waals surface area contributed by atoms with Crippen LogP contribution < -0.4 is 31.9 Å². The van der Waals surface area contributed by atoms with Gasteiger partial charge in [0.2, 0.25) is 0 Å². The number of amides is 1. The van der Waals surface area contributed by atoms with E-state index in [2.05, 4.69) is 20.3 Å². The van der Waals surface area contributed by atoms with Crippen LogP contribution in [-0.2, 0) is 7.05 Å². The fourth-order valence-electron chi connectivity index (χ4n) is 3.41. The Balaban J connectivity index is 1.71. The quantitative estimate of drug-likeness (QED) is 0.425. The molecule has 0 fully saturated rings. The van der Waals surface area contributed by atoms with Crippen molar-refractivity contribution in [3.05, 3.63) is 42.0 Å². The standard InChI is InChI=1S/C21H15B4N5O2/c1-9-26-8-13(30(9)2)11-5-4-10-7-27-14(6-12(10)28-11)29-21(31)15-16(22)18(24)20(32-3)19(25)17(15)23/h4-8H,1-3H3,(H,27,29,31). The highest BCUT2D eigenvalue weighted by atomic mass is 16.5. The molecule has 32 heavy (non-hydrogen) atoms. The molecule has 4 aromatic rings. The van der Waals surface area contributed by atoms with E-state index in [-0.39, 0.29) is 39.0 Å². The first kappa shape index (κ1) is 21.7. The minimum atomic E-state index is -0.605. The summed E-state index contributed by atoms with van der Waals surface area (Å²) >= 11 is 0. The molecule has 7 nitrogen and oxygen atoms in total. The van der Waals surface area contributed by atoms with Crippen LogP contribution in [0.15, 0.2) is 30.6 Å². The summed E-state index contributed by atoms with van der Waals surface area (Å²) < 4.78 is 7.07. The van der Waals surface area contributed by atoms with E-state index in [9.17, 15) is 4.79 Å². The zero-order valence-electron chi connectivity index (χ0n) is 17.8. The number of aryl methyl sites for hydroxylation is 1. The van der Waals surface area contributed by atoms with Crippen LogP contribution >= 0.6 is 0 Å². The smallest absolute Gasteiger partial charge is 0.255 e. The molecule has 0 saturated carbocycles. The molecule has 0 bridgehead atoms. The van der Waals surface area contributed by atoms with Gasteiger partial charge in [-0.2, -0.15) is 0 Å². The zero-order valence-corrected chi connectivity index (χ0v) is 17.8. The predicted octanol–water partition coefficient (Wildman–Crippen LogP) is -1.23. The number of carbonyl (C=O) groups is 1. The molecular weight excluding hydrogens is 398 g/mol. The SMILES string of the molecule is [B]c1c([B])c(C(=O)Nc2cc3nc(-c4cnc(C)n4C)ccc3cn2)c([B])c([B])c1OC. The van der Waals surface area contributed by atoms with Crippen LogP contribution in [0.4, 0.5) is 5.82 Å². The number of nitrogens with one attached hydrogen (secondary N) is 1. The largest absolute Gasteiger partial charge is 0.498 e. The van der Waals surface area contributed by atoms with Gasteiger partial charge in [0.15, 0.2) is 0 Å². The van der Waals surface area contributed by atoms with Crippen molar-refractivity contribution in [2.24, 2.45) is 7.05 Å². The molecule has 148 valence electrons. The highest BCUT2D eigenvalue weighted by Crippen LogP contribution is 2.22. The molecule has 4 rings (SSSR count). The van der Waals surface area contributed by atoms with Gasteiger partial charge >= 0.3 is 0 Å². The van der Waals surface area contributed by atoms with Crippen molar-refractivity contribution in [2.75, 3.05) is 12.4 Å². The number of anilines is 1. The first-order valence-corrected chi connectivity index (χ1v) is 9.59. The van der Waals surface area contributed by atoms with Crippen molar-refractivity contribution in [1.29, 1.82) is 0 Å². The second-order valence-electron chi connectivity index (χ2n) is 7.23. The third kappa shape index (κ3) is 3.57. The van der Waals surface area contributed by atoms with E-state index in [4.69, 9.17) is 36.1 Å². The molecule has 0 aliphatic heterocycles. The molecule has 0 aliphatic rings. The summed E-state index contributed by atoms with van der Waals surface area (Å²) in [6.45, 7) is 1.91. The van der Waals surface area contributed by atoms with E-state index in [0.29, 0.717) is 5.52 Å². The predicted molar refractivity (Wildman–Crippen MR) is 129 cm³/mol. The monoisotopic (exact) mass is 413 g/mol. The number of hydrogen-bond donors (Lipinski definition) is 1. The van der Waals surface area contributed by atoms with E-state index < -0.39 is 5.91 Å². The Bertz CT molecular complexity index is 1360. The van der Waals surface area contributed by atoms with E-state index in [0.717, 1.165) is 22.6 Å². The van der Waals surface area contributed by atoms with Crippen LogP contribution in [0.25, 0.3) is 22.3 Å². The highest BCUT2D eigenvalue weighted by molar-refractivity contribution is 6.61. The maximum absolute atomic E-state index is 12.9. The molecule has 3 heterocycles. The van der Waals surface area contributed by atoms with Crippen LogP contribution in [0.3, 0.4) is 0 Å². The highest BCUT2D eigenvalue weighted by Gasteiger charge is 2.19. The molecule has 11 heteroatoms. The molecule has 0 unspecified atom stereocenters. The maximum Gasteiger partial charge on any atom is 0.255 e. The number of benzene rings is 1. The second kappa shape index (κ2) is 8.22. The van der Waals surface area contributed by atoms with Gasteiger partial charge in [0.05, 0.1) is 30.2 Å². The van der Waals surface area contributed by atoms with Gasteiger partial charge < -0.3 is 14.6 Å². The summed E-state index contributed by atoms with van der Waals surface area (Å²) in [5, 5.41) is 3.49. The average molecular weight is 413 g/mol. The van der Waals surface area contributed by atoms with E-state index >= 15 is 0 Å². The van der Waals surface area contributed by atoms with Gasteiger partial charge in [0.25, 0.3) is 5.91 Å². The lowest BCUT2D eigenvalue weighted by Gasteiger charge is -2.20. The summed E-state index contributed by atoms with van der Waals surface area (Å²) in [7, 11) is 27.3. The van der Waals surface area contributed by atoms with Crippen LogP contribution in [0.2, 0.25) is 0 Å². The van der Waals surface area contributed by atoms with E-state index in [1.54, 1.807) is 18.5 Å². The summed E-state index contributed by atoms with van der Waals surface area (Å²) in [6, 6.07) is 5.45. The van der Waals surface area contributed by atoms with E-state index in [1.807, 2.05) is 30.7 Å². The molecule has 8 radical (unpaired) electrons. The Labute approximate surface area is 190 Å². The van der Waals surface area contributed by atoms with Crippen molar-refractivity contribution < 1.29 is 9.53 Å². The Kier molecular flexibility index (Phi) is 5.59. The fourth-order valence-corrected chi connectivity index (χ4v) is 3.41. The fraction of sp³-hybridized carbons (Fsp3) is 0.143. The van der Waals surface area contributed by atoms with Gasteiger partial charge in [-0.3, -0.25) is 4.79 Å². The third-order valence-corrected chi connectivity index (χ3v) is 5.34. The van der Waals surface area contributed by atoms with Gasteiger partial charge in [-0.1, -0.05) is 21.9 Å². The van der Waals surface area contributed by atoms with Crippen LogP contribution in [0.5, 0.6) is 5.75 Å². The van der Waals surface area contributed by atoms with Crippen molar-refractivity contribution in [1.82, 2.24) is 19.5 Å². The van der Waals surface area contributed by atoms with Gasteiger partial charge in [0, 0.05) is 30.3 Å². The number of methoxy groups -OCH3 is 1. The molecule has 0 aliphatic carbocycles. The molecule has 1 N–H and O–H groups in total. The number of rotatable bonds is 4. The van der Waals surface area contributed by atoms with Crippen molar-refractivity contribution in [3.8, 4) is 17.1 Å². The number of aromatic nitrogens is 4. The molecule has 0 saturated heterocycles. The zero-order chi connectivity index (χ0) is 23.2. The lowest BCUT2D eigenvalue weighted by Crippen LogP contribution is -2.47. The number of carbonyl (C=O) groups excluding carboxylic acids is 1. The lowest BCUT2D eigenvalue weighted by molar-refractivity contribution is 0.102. The third-order valence-electron chi connectivity index (χ3n) is 5.34. The van der Waals surface area contributed by atoms with Gasteiger partial charge in [-0.15, -0.1) is 0 Å². The normalized spacial score (nSPS) is 11.0. The summed E-state index contributed by atoms with van der Waals surface area (Å²) in [4.78, 5) is 26.2. The Morgan fingerprint density at radius 1 is 1.03 bits per heavy atom. The number of fused-ring (bicyclic) bond motifs is 1. The molecule has 1 amide bonds. The van der Waals surface area contributed by atoms with Gasteiger partial charge in [-0.05, 0) is 19.1 Å². The number of pyridine rings is 2. The van der Waals surface area contributed by atoms with Crippen molar-refractivity contribution >= 4 is 75.9 Å². The lowest BCUT2D eigenvalue weighted by atomic mass is 9.66. The summed E-state index contributed by atoms with van der Waals surface area (Å²) in [5.41, 5.74) is 2.22. The molecule has 0 atom stereocenters. The van der Waals surface area contributed by atoms with Gasteiger partial charge in [-0.25, -0.2) is 15.0 Å². The van der Waals surface area contributed by atoms with Gasteiger partial charge in [0.1, 0.15) is 48.8 Å². The van der Waals surface area contributed by atoms with Crippen LogP contribution in [0, 0.1) is 6.92 Å². The molecule has 1 aromatic carbocycles. The average Bonchev–Trinajstić information content (AvgIpc) is 3.11.